The van der Waals surface area contributed by atoms with Crippen LogP contribution in [0.5, 0.6) is 11.5 Å². The number of ether oxygens (including phenoxy) is 2. The zero-order valence-corrected chi connectivity index (χ0v) is 13.8. The van der Waals surface area contributed by atoms with Crippen LogP contribution < -0.4 is 15.0 Å². The molecule has 0 bridgehead atoms. The van der Waals surface area contributed by atoms with Gasteiger partial charge in [-0.2, -0.15) is 9.61 Å². The molecule has 0 spiro atoms. The van der Waals surface area contributed by atoms with E-state index < -0.39 is 0 Å². The van der Waals surface area contributed by atoms with Gasteiger partial charge in [0.15, 0.2) is 11.5 Å². The molecule has 7 heteroatoms. The van der Waals surface area contributed by atoms with Crippen LogP contribution in [0.4, 0.5) is 0 Å². The summed E-state index contributed by atoms with van der Waals surface area (Å²) in [4.78, 5) is 17.7. The summed E-state index contributed by atoms with van der Waals surface area (Å²) in [6.07, 6.45) is 0. The van der Waals surface area contributed by atoms with Crippen molar-refractivity contribution in [2.45, 2.75) is 0 Å². The first-order chi connectivity index (χ1) is 11.7. The van der Waals surface area contributed by atoms with Gasteiger partial charge in [0.05, 0.1) is 25.1 Å². The van der Waals surface area contributed by atoms with Gasteiger partial charge in [-0.1, -0.05) is 23.5 Å². The van der Waals surface area contributed by atoms with Crippen LogP contribution in [0.2, 0.25) is 0 Å². The quantitative estimate of drug-likeness (QED) is 0.574. The van der Waals surface area contributed by atoms with E-state index in [0.717, 1.165) is 5.56 Å². The second-order valence-electron chi connectivity index (χ2n) is 5.11. The third-order valence-corrected chi connectivity index (χ3v) is 4.69. The first-order valence-electron chi connectivity index (χ1n) is 7.22. The number of hydrogen-bond donors (Lipinski definition) is 0. The summed E-state index contributed by atoms with van der Waals surface area (Å²) in [5, 5.41) is 5.67. The van der Waals surface area contributed by atoms with Crippen LogP contribution in [0.3, 0.4) is 0 Å². The highest BCUT2D eigenvalue weighted by Gasteiger charge is 2.13. The van der Waals surface area contributed by atoms with Crippen LogP contribution in [0.15, 0.2) is 47.3 Å². The lowest BCUT2D eigenvalue weighted by Crippen LogP contribution is -2.14. The summed E-state index contributed by atoms with van der Waals surface area (Å²) in [5.41, 5.74) is 1.34. The minimum Gasteiger partial charge on any atom is -0.493 e. The fourth-order valence-corrected chi connectivity index (χ4v) is 3.44. The van der Waals surface area contributed by atoms with Gasteiger partial charge in [-0.25, -0.2) is 4.98 Å². The van der Waals surface area contributed by atoms with E-state index in [0.29, 0.717) is 32.4 Å². The average Bonchev–Trinajstić information content (AvgIpc) is 3.05. The summed E-state index contributed by atoms with van der Waals surface area (Å²) in [5.74, 6) is 1.25. The van der Waals surface area contributed by atoms with E-state index in [2.05, 4.69) is 10.1 Å². The van der Waals surface area contributed by atoms with Crippen LogP contribution in [-0.2, 0) is 0 Å². The van der Waals surface area contributed by atoms with Crippen molar-refractivity contribution < 1.29 is 9.47 Å². The molecule has 0 atom stereocenters. The minimum atomic E-state index is -0.168. The molecule has 0 N–H and O–H groups in total. The van der Waals surface area contributed by atoms with Crippen molar-refractivity contribution in [1.29, 1.82) is 0 Å². The van der Waals surface area contributed by atoms with Gasteiger partial charge in [0.1, 0.15) is 5.01 Å². The number of hydrogen-bond acceptors (Lipinski definition) is 6. The average molecular weight is 339 g/mol. The Morgan fingerprint density at radius 3 is 2.62 bits per heavy atom. The number of nitrogens with zero attached hydrogens (tertiary/aromatic N) is 3. The Labute approximate surface area is 140 Å². The van der Waals surface area contributed by atoms with Crippen molar-refractivity contribution in [3.63, 3.8) is 0 Å². The standard InChI is InChI=1S/C17H13N3O3S/c1-22-13-8-7-10(9-14(13)23-2)15-19-20-16(21)11-5-3-4-6-12(11)18-17(20)24-15/h3-9H,1-2H3. The number of benzene rings is 2. The van der Waals surface area contributed by atoms with E-state index in [-0.39, 0.29) is 5.56 Å². The molecule has 0 saturated carbocycles. The number of rotatable bonds is 3. The molecule has 4 rings (SSSR count). The Bertz CT molecular complexity index is 1120. The van der Waals surface area contributed by atoms with Crippen molar-refractivity contribution in [3.05, 3.63) is 52.8 Å². The summed E-state index contributed by atoms with van der Waals surface area (Å²) in [6.45, 7) is 0. The number of fused-ring (bicyclic) bond motifs is 2. The van der Waals surface area contributed by atoms with E-state index in [1.807, 2.05) is 36.4 Å². The van der Waals surface area contributed by atoms with Crippen molar-refractivity contribution in [1.82, 2.24) is 14.6 Å². The number of aromatic nitrogens is 3. The monoisotopic (exact) mass is 339 g/mol. The predicted octanol–water partition coefficient (Wildman–Crippen LogP) is 2.99. The lowest BCUT2D eigenvalue weighted by Gasteiger charge is -2.07. The van der Waals surface area contributed by atoms with Crippen molar-refractivity contribution in [2.75, 3.05) is 14.2 Å². The molecule has 0 aliphatic carbocycles. The predicted molar refractivity (Wildman–Crippen MR) is 93.2 cm³/mol. The number of methoxy groups -OCH3 is 2. The molecule has 0 aliphatic heterocycles. The Balaban J connectivity index is 1.94. The SMILES string of the molecule is COc1ccc(-c2nn3c(=O)c4ccccc4nc3s2)cc1OC. The maximum absolute atomic E-state index is 12.6. The molecule has 6 nitrogen and oxygen atoms in total. The molecule has 0 fully saturated rings. The van der Waals surface area contributed by atoms with Crippen molar-refractivity contribution in [2.24, 2.45) is 0 Å². The summed E-state index contributed by atoms with van der Waals surface area (Å²) < 4.78 is 11.9. The highest BCUT2D eigenvalue weighted by Crippen LogP contribution is 2.33. The molecule has 2 heterocycles. The maximum atomic E-state index is 12.6. The second kappa shape index (κ2) is 5.61. The lowest BCUT2D eigenvalue weighted by atomic mass is 10.2. The first-order valence-corrected chi connectivity index (χ1v) is 8.04. The van der Waals surface area contributed by atoms with Gasteiger partial charge in [0, 0.05) is 5.56 Å². The number of para-hydroxylation sites is 1. The third-order valence-electron chi connectivity index (χ3n) is 3.73. The van der Waals surface area contributed by atoms with Crippen LogP contribution >= 0.6 is 11.3 Å². The van der Waals surface area contributed by atoms with Crippen LogP contribution in [0.25, 0.3) is 26.4 Å². The van der Waals surface area contributed by atoms with Gasteiger partial charge >= 0.3 is 0 Å². The van der Waals surface area contributed by atoms with Gasteiger partial charge in [-0.15, -0.1) is 0 Å². The van der Waals surface area contributed by atoms with Gasteiger partial charge in [0.25, 0.3) is 5.56 Å². The summed E-state index contributed by atoms with van der Waals surface area (Å²) in [7, 11) is 3.17. The second-order valence-corrected chi connectivity index (χ2v) is 6.06. The van der Waals surface area contributed by atoms with Crippen molar-refractivity contribution in [3.8, 4) is 22.1 Å². The first kappa shape index (κ1) is 14.6. The van der Waals surface area contributed by atoms with Crippen molar-refractivity contribution >= 4 is 27.2 Å². The largest absolute Gasteiger partial charge is 0.493 e. The van der Waals surface area contributed by atoms with E-state index >= 15 is 0 Å². The highest BCUT2D eigenvalue weighted by molar-refractivity contribution is 7.19. The van der Waals surface area contributed by atoms with E-state index in [1.54, 1.807) is 20.3 Å². The molecule has 0 saturated heterocycles. The zero-order valence-electron chi connectivity index (χ0n) is 13.0. The molecule has 0 amide bonds. The van der Waals surface area contributed by atoms with Crippen LogP contribution in [-0.4, -0.2) is 28.8 Å². The molecule has 0 aliphatic rings. The topological polar surface area (TPSA) is 65.7 Å². The van der Waals surface area contributed by atoms with Gasteiger partial charge < -0.3 is 9.47 Å². The molecule has 2 aromatic heterocycles. The Kier molecular flexibility index (Phi) is 3.42. The Hall–Kier alpha value is -2.93. The molecule has 24 heavy (non-hydrogen) atoms. The zero-order chi connectivity index (χ0) is 16.7. The van der Waals surface area contributed by atoms with E-state index in [9.17, 15) is 4.79 Å². The highest BCUT2D eigenvalue weighted by atomic mass is 32.1. The normalized spacial score (nSPS) is 11.1. The summed E-state index contributed by atoms with van der Waals surface area (Å²) in [6, 6.07) is 12.8. The lowest BCUT2D eigenvalue weighted by molar-refractivity contribution is 0.355. The molecule has 4 aromatic rings. The van der Waals surface area contributed by atoms with Crippen LogP contribution in [0.1, 0.15) is 0 Å². The Morgan fingerprint density at radius 2 is 1.83 bits per heavy atom. The molecular formula is C17H13N3O3S. The molecular weight excluding hydrogens is 326 g/mol. The molecule has 120 valence electrons. The summed E-state index contributed by atoms with van der Waals surface area (Å²) >= 11 is 1.36. The fourth-order valence-electron chi connectivity index (χ4n) is 2.54. The smallest absolute Gasteiger partial charge is 0.283 e. The van der Waals surface area contributed by atoms with Gasteiger partial charge in [-0.3, -0.25) is 4.79 Å². The molecule has 0 unspecified atom stereocenters. The fraction of sp³-hybridized carbons (Fsp3) is 0.118. The maximum Gasteiger partial charge on any atom is 0.283 e. The van der Waals surface area contributed by atoms with Gasteiger partial charge in [0.2, 0.25) is 4.96 Å². The van der Waals surface area contributed by atoms with Gasteiger partial charge in [-0.05, 0) is 30.3 Å². The Morgan fingerprint density at radius 1 is 1.04 bits per heavy atom. The third kappa shape index (κ3) is 2.21. The molecule has 2 aromatic carbocycles. The molecule has 0 radical (unpaired) electrons. The minimum absolute atomic E-state index is 0.168. The van der Waals surface area contributed by atoms with Crippen LogP contribution in [0, 0.1) is 0 Å². The van der Waals surface area contributed by atoms with E-state index in [4.69, 9.17) is 9.47 Å². The van der Waals surface area contributed by atoms with E-state index in [1.165, 1.54) is 15.9 Å².